The molecular formula is C25H36IN3O3. The van der Waals surface area contributed by atoms with Gasteiger partial charge in [-0.05, 0) is 31.4 Å². The maximum atomic E-state index is 9.84. The average Bonchev–Trinajstić information content (AvgIpc) is 2.82. The second-order valence-corrected chi connectivity index (χ2v) is 8.19. The van der Waals surface area contributed by atoms with Crippen LogP contribution in [0, 0.1) is 6.92 Å². The van der Waals surface area contributed by atoms with E-state index in [0.717, 1.165) is 49.9 Å². The summed E-state index contributed by atoms with van der Waals surface area (Å²) in [6.07, 6.45) is 1.83. The van der Waals surface area contributed by atoms with Crippen LogP contribution in [0.1, 0.15) is 35.4 Å². The van der Waals surface area contributed by atoms with Gasteiger partial charge >= 0.3 is 0 Å². The highest BCUT2D eigenvalue weighted by Crippen LogP contribution is 2.40. The molecule has 0 bridgehead atoms. The number of ether oxygens (including phenoxy) is 2. The van der Waals surface area contributed by atoms with Crippen molar-refractivity contribution in [2.24, 2.45) is 4.99 Å². The summed E-state index contributed by atoms with van der Waals surface area (Å²) in [4.78, 5) is 4.41. The van der Waals surface area contributed by atoms with Crippen LogP contribution in [-0.4, -0.2) is 58.1 Å². The van der Waals surface area contributed by atoms with Crippen LogP contribution in [0.3, 0.4) is 0 Å². The number of nitrogens with one attached hydrogen (secondary N) is 2. The third-order valence-electron chi connectivity index (χ3n) is 6.20. The lowest BCUT2D eigenvalue weighted by Gasteiger charge is -2.39. The minimum Gasteiger partial charge on any atom is -0.496 e. The van der Waals surface area contributed by atoms with Crippen molar-refractivity contribution in [1.82, 2.24) is 10.6 Å². The van der Waals surface area contributed by atoms with Gasteiger partial charge < -0.3 is 25.2 Å². The molecule has 1 atom stereocenters. The minimum atomic E-state index is -0.0942. The van der Waals surface area contributed by atoms with Crippen molar-refractivity contribution in [3.05, 3.63) is 65.2 Å². The van der Waals surface area contributed by atoms with E-state index in [0.29, 0.717) is 6.54 Å². The fraction of sp³-hybridized carbons (Fsp3) is 0.480. The standard InChI is InChI=1S/C25H35N3O3.HI/c1-19-9-10-23(30-3)22(15-19)25(11-13-31-14-12-25)18-28-24(26-2)27-16-21(17-29)20-7-5-4-6-8-20;/h4-10,15,21,29H,11-14,16-18H2,1-3H3,(H2,26,27,28);1H. The van der Waals surface area contributed by atoms with Gasteiger partial charge in [-0.1, -0.05) is 48.0 Å². The second kappa shape index (κ2) is 13.0. The molecule has 1 aliphatic rings. The topological polar surface area (TPSA) is 75.1 Å². The molecule has 6 nitrogen and oxygen atoms in total. The molecule has 7 heteroatoms. The molecule has 3 rings (SSSR count). The molecule has 1 saturated heterocycles. The summed E-state index contributed by atoms with van der Waals surface area (Å²) >= 11 is 0. The molecule has 0 aliphatic carbocycles. The number of aliphatic imine (C=N–C) groups is 1. The Labute approximate surface area is 208 Å². The number of rotatable bonds is 8. The molecule has 0 saturated carbocycles. The van der Waals surface area contributed by atoms with Gasteiger partial charge in [-0.25, -0.2) is 0 Å². The first kappa shape index (κ1) is 26.4. The van der Waals surface area contributed by atoms with Crippen molar-refractivity contribution in [2.45, 2.75) is 31.1 Å². The normalized spacial score (nSPS) is 16.6. The van der Waals surface area contributed by atoms with E-state index < -0.39 is 0 Å². The van der Waals surface area contributed by atoms with E-state index in [4.69, 9.17) is 9.47 Å². The fourth-order valence-corrected chi connectivity index (χ4v) is 4.25. The summed E-state index contributed by atoms with van der Waals surface area (Å²) in [5.41, 5.74) is 3.46. The highest BCUT2D eigenvalue weighted by molar-refractivity contribution is 14.0. The SMILES string of the molecule is CN=C(NCC(CO)c1ccccc1)NCC1(c2cc(C)ccc2OC)CCOCC1.I. The summed E-state index contributed by atoms with van der Waals surface area (Å²) in [5.74, 6) is 1.65. The van der Waals surface area contributed by atoms with Crippen LogP contribution >= 0.6 is 24.0 Å². The zero-order valence-electron chi connectivity index (χ0n) is 19.3. The van der Waals surface area contributed by atoms with Gasteiger partial charge in [-0.2, -0.15) is 0 Å². The molecule has 0 spiro atoms. The van der Waals surface area contributed by atoms with Crippen molar-refractivity contribution in [1.29, 1.82) is 0 Å². The van der Waals surface area contributed by atoms with Crippen molar-refractivity contribution in [3.8, 4) is 5.75 Å². The van der Waals surface area contributed by atoms with Crippen LogP contribution < -0.4 is 15.4 Å². The number of aryl methyl sites for hydroxylation is 1. The lowest BCUT2D eigenvalue weighted by molar-refractivity contribution is 0.0505. The van der Waals surface area contributed by atoms with Gasteiger partial charge in [-0.15, -0.1) is 24.0 Å². The van der Waals surface area contributed by atoms with Crippen molar-refractivity contribution in [3.63, 3.8) is 0 Å². The molecule has 176 valence electrons. The first-order chi connectivity index (χ1) is 15.1. The molecular weight excluding hydrogens is 517 g/mol. The van der Waals surface area contributed by atoms with Crippen molar-refractivity contribution in [2.75, 3.05) is 47.1 Å². The van der Waals surface area contributed by atoms with Crippen LogP contribution in [-0.2, 0) is 10.2 Å². The largest absolute Gasteiger partial charge is 0.496 e. The van der Waals surface area contributed by atoms with E-state index in [1.165, 1.54) is 11.1 Å². The number of benzene rings is 2. The maximum absolute atomic E-state index is 9.84. The smallest absolute Gasteiger partial charge is 0.191 e. The third-order valence-corrected chi connectivity index (χ3v) is 6.20. The van der Waals surface area contributed by atoms with Gasteiger partial charge in [0, 0.05) is 50.2 Å². The number of methoxy groups -OCH3 is 1. The Kier molecular flexibility index (Phi) is 10.7. The average molecular weight is 553 g/mol. The van der Waals surface area contributed by atoms with Crippen LogP contribution in [0.15, 0.2) is 53.5 Å². The summed E-state index contributed by atoms with van der Waals surface area (Å²) in [7, 11) is 3.50. The number of hydrogen-bond acceptors (Lipinski definition) is 4. The molecule has 1 heterocycles. The zero-order chi connectivity index (χ0) is 22.1. The summed E-state index contributed by atoms with van der Waals surface area (Å²) in [5, 5.41) is 16.8. The zero-order valence-corrected chi connectivity index (χ0v) is 21.6. The Morgan fingerprint density at radius 1 is 1.16 bits per heavy atom. The number of aliphatic hydroxyl groups excluding tert-OH is 1. The van der Waals surface area contributed by atoms with Gasteiger partial charge in [0.05, 0.1) is 13.7 Å². The van der Waals surface area contributed by atoms with Gasteiger partial charge in [0.15, 0.2) is 5.96 Å². The van der Waals surface area contributed by atoms with E-state index in [1.54, 1.807) is 14.2 Å². The predicted molar refractivity (Wildman–Crippen MR) is 141 cm³/mol. The molecule has 32 heavy (non-hydrogen) atoms. The molecule has 3 N–H and O–H groups in total. The summed E-state index contributed by atoms with van der Waals surface area (Å²) < 4.78 is 11.4. The van der Waals surface area contributed by atoms with Crippen LogP contribution in [0.4, 0.5) is 0 Å². The molecule has 1 aliphatic heterocycles. The Morgan fingerprint density at radius 3 is 2.50 bits per heavy atom. The van der Waals surface area contributed by atoms with Crippen LogP contribution in [0.5, 0.6) is 5.75 Å². The first-order valence-corrected chi connectivity index (χ1v) is 10.9. The highest BCUT2D eigenvalue weighted by Gasteiger charge is 2.37. The molecule has 2 aromatic carbocycles. The lowest BCUT2D eigenvalue weighted by atomic mass is 9.73. The number of halogens is 1. The van der Waals surface area contributed by atoms with Gasteiger partial charge in [0.1, 0.15) is 5.75 Å². The second-order valence-electron chi connectivity index (χ2n) is 8.19. The van der Waals surface area contributed by atoms with Crippen LogP contribution in [0.25, 0.3) is 0 Å². The van der Waals surface area contributed by atoms with Gasteiger partial charge in [-0.3, -0.25) is 4.99 Å². The molecule has 1 unspecified atom stereocenters. The van der Waals surface area contributed by atoms with E-state index >= 15 is 0 Å². The van der Waals surface area contributed by atoms with E-state index in [-0.39, 0.29) is 41.9 Å². The van der Waals surface area contributed by atoms with Crippen molar-refractivity contribution < 1.29 is 14.6 Å². The Hall–Kier alpha value is -1.84. The van der Waals surface area contributed by atoms with Crippen molar-refractivity contribution >= 4 is 29.9 Å². The molecule has 0 radical (unpaired) electrons. The molecule has 0 aromatic heterocycles. The summed E-state index contributed by atoms with van der Waals surface area (Å²) in [6, 6.07) is 16.4. The van der Waals surface area contributed by atoms with Crippen LogP contribution in [0.2, 0.25) is 0 Å². The van der Waals surface area contributed by atoms with Gasteiger partial charge in [0.25, 0.3) is 0 Å². The number of hydrogen-bond donors (Lipinski definition) is 3. The number of aliphatic hydroxyl groups is 1. The van der Waals surface area contributed by atoms with E-state index in [2.05, 4.69) is 40.7 Å². The van der Waals surface area contributed by atoms with E-state index in [1.807, 2.05) is 30.3 Å². The third kappa shape index (κ3) is 6.59. The Morgan fingerprint density at radius 2 is 1.88 bits per heavy atom. The quantitative estimate of drug-likeness (QED) is 0.265. The maximum Gasteiger partial charge on any atom is 0.191 e. The molecule has 2 aromatic rings. The number of guanidine groups is 1. The van der Waals surface area contributed by atoms with E-state index in [9.17, 15) is 5.11 Å². The predicted octanol–water partition coefficient (Wildman–Crippen LogP) is 3.61. The van der Waals surface area contributed by atoms with Gasteiger partial charge in [0.2, 0.25) is 0 Å². The first-order valence-electron chi connectivity index (χ1n) is 10.9. The highest BCUT2D eigenvalue weighted by atomic mass is 127. The Bertz CT molecular complexity index is 855. The Balaban J connectivity index is 0.00000363. The minimum absolute atomic E-state index is 0. The monoisotopic (exact) mass is 553 g/mol. The molecule has 1 fully saturated rings. The number of nitrogens with zero attached hydrogens (tertiary/aromatic N) is 1. The fourth-order valence-electron chi connectivity index (χ4n) is 4.25. The summed E-state index contributed by atoms with van der Waals surface area (Å²) in [6.45, 7) is 4.98. The molecule has 0 amide bonds. The lowest BCUT2D eigenvalue weighted by Crippen LogP contribution is -2.48.